The Hall–Kier alpha value is -1.66. The van der Waals surface area contributed by atoms with Gasteiger partial charge in [0.15, 0.2) is 0 Å². The van der Waals surface area contributed by atoms with E-state index in [1.807, 2.05) is 0 Å². The molecule has 0 aromatic heterocycles. The molecular formula is C24H33NOP+. The van der Waals surface area contributed by atoms with Crippen LogP contribution in [0.1, 0.15) is 49.3 Å². The molecule has 0 bridgehead atoms. The highest BCUT2D eigenvalue weighted by Crippen LogP contribution is 2.69. The van der Waals surface area contributed by atoms with Crippen molar-refractivity contribution in [2.75, 3.05) is 17.6 Å². The molecule has 27 heavy (non-hydrogen) atoms. The second-order valence-electron chi connectivity index (χ2n) is 8.05. The summed E-state index contributed by atoms with van der Waals surface area (Å²) < 4.78 is 0. The molecule has 2 nitrogen and oxygen atoms in total. The van der Waals surface area contributed by atoms with Crippen LogP contribution in [-0.2, 0) is 11.0 Å². The van der Waals surface area contributed by atoms with Gasteiger partial charge in [0, 0.05) is 12.9 Å². The van der Waals surface area contributed by atoms with Crippen molar-refractivity contribution in [2.24, 2.45) is 0 Å². The standard InChI is InChI=1S/C24H32NOP/c1-4-22(24(26)25-23-19(2)12-11-13-20(23)3)27(16-9-6-10-17-27)18-21-14-7-5-8-15-21/h5,7-8,11-15,22H,4,6,9-10,16-18H2,1-3H3/p+1. The number of rotatable bonds is 6. The molecule has 1 atom stereocenters. The summed E-state index contributed by atoms with van der Waals surface area (Å²) in [4.78, 5) is 13.5. The van der Waals surface area contributed by atoms with Crippen molar-refractivity contribution in [2.45, 2.75) is 58.3 Å². The lowest BCUT2D eigenvalue weighted by molar-refractivity contribution is -0.115. The largest absolute Gasteiger partial charge is 0.322 e. The molecule has 3 heteroatoms. The maximum absolute atomic E-state index is 13.5. The first-order valence-corrected chi connectivity index (χ1v) is 12.7. The SMILES string of the molecule is CCC(C(=O)Nc1c(C)cccc1C)[P+]1(Cc2ccccc2)CCCCC1. The Bertz CT molecular complexity index is 745. The van der Waals surface area contributed by atoms with E-state index >= 15 is 0 Å². The van der Waals surface area contributed by atoms with Gasteiger partial charge in [0.1, 0.15) is 5.66 Å². The fraction of sp³-hybridized carbons (Fsp3) is 0.458. The van der Waals surface area contributed by atoms with E-state index in [0.717, 1.165) is 29.4 Å². The molecule has 1 saturated heterocycles. The number of amides is 1. The Kier molecular flexibility index (Phi) is 6.71. The van der Waals surface area contributed by atoms with Crippen LogP contribution in [0.25, 0.3) is 0 Å². The molecule has 1 unspecified atom stereocenters. The Labute approximate surface area is 165 Å². The number of nitrogens with one attached hydrogen (secondary N) is 1. The number of carbonyl (C=O) groups is 1. The van der Waals surface area contributed by atoms with Gasteiger partial charge in [-0.05, 0) is 56.2 Å². The number of benzene rings is 2. The number of para-hydroxylation sites is 1. The first-order chi connectivity index (χ1) is 13.1. The highest BCUT2D eigenvalue weighted by Gasteiger charge is 2.49. The van der Waals surface area contributed by atoms with Crippen molar-refractivity contribution in [3.05, 3.63) is 65.2 Å². The number of anilines is 1. The van der Waals surface area contributed by atoms with Gasteiger partial charge in [0.05, 0.1) is 18.5 Å². The fourth-order valence-electron chi connectivity index (χ4n) is 4.71. The topological polar surface area (TPSA) is 29.1 Å². The summed E-state index contributed by atoms with van der Waals surface area (Å²) in [5, 5.41) is 3.33. The average molecular weight is 383 g/mol. The molecular weight excluding hydrogens is 349 g/mol. The van der Waals surface area contributed by atoms with Crippen molar-refractivity contribution in [1.29, 1.82) is 0 Å². The summed E-state index contributed by atoms with van der Waals surface area (Å²) in [6.07, 6.45) is 8.48. The maximum Gasteiger partial charge on any atom is 0.265 e. The third-order valence-electron chi connectivity index (χ3n) is 6.13. The lowest BCUT2D eigenvalue weighted by atomic mass is 10.1. The molecule has 0 spiro atoms. The molecule has 1 aliphatic heterocycles. The van der Waals surface area contributed by atoms with Crippen LogP contribution in [0.3, 0.4) is 0 Å². The van der Waals surface area contributed by atoms with Gasteiger partial charge in [-0.25, -0.2) is 0 Å². The van der Waals surface area contributed by atoms with E-state index in [1.54, 1.807) is 0 Å². The Morgan fingerprint density at radius 2 is 1.59 bits per heavy atom. The summed E-state index contributed by atoms with van der Waals surface area (Å²) in [6, 6.07) is 17.1. The van der Waals surface area contributed by atoms with E-state index in [4.69, 9.17) is 0 Å². The molecule has 1 aliphatic rings. The van der Waals surface area contributed by atoms with Crippen molar-refractivity contribution < 1.29 is 4.79 Å². The normalized spacial score (nSPS) is 17.3. The Morgan fingerprint density at radius 1 is 0.963 bits per heavy atom. The Balaban J connectivity index is 1.88. The van der Waals surface area contributed by atoms with Gasteiger partial charge in [-0.15, -0.1) is 0 Å². The molecule has 2 aromatic rings. The minimum Gasteiger partial charge on any atom is -0.322 e. The highest BCUT2D eigenvalue weighted by atomic mass is 31.2. The monoisotopic (exact) mass is 382 g/mol. The predicted molar refractivity (Wildman–Crippen MR) is 119 cm³/mol. The zero-order valence-corrected chi connectivity index (χ0v) is 17.9. The smallest absolute Gasteiger partial charge is 0.265 e. The molecule has 144 valence electrons. The first-order valence-electron chi connectivity index (χ1n) is 10.3. The van der Waals surface area contributed by atoms with Gasteiger partial charge in [-0.2, -0.15) is 0 Å². The van der Waals surface area contributed by atoms with E-state index in [1.165, 1.54) is 37.1 Å². The summed E-state index contributed by atoms with van der Waals surface area (Å²) in [5.74, 6) is 0.251. The van der Waals surface area contributed by atoms with Gasteiger partial charge < -0.3 is 5.32 Å². The second kappa shape index (κ2) is 9.02. The van der Waals surface area contributed by atoms with Crippen molar-refractivity contribution >= 4 is 18.9 Å². The molecule has 2 aromatic carbocycles. The van der Waals surface area contributed by atoms with Crippen molar-refractivity contribution in [3.63, 3.8) is 0 Å². The van der Waals surface area contributed by atoms with Crippen LogP contribution in [0.4, 0.5) is 5.69 Å². The number of carbonyl (C=O) groups excluding carboxylic acids is 1. The third-order valence-corrected chi connectivity index (χ3v) is 11.5. The van der Waals surface area contributed by atoms with Crippen LogP contribution in [0.5, 0.6) is 0 Å². The highest BCUT2D eigenvalue weighted by molar-refractivity contribution is 7.76. The molecule has 1 heterocycles. The summed E-state index contributed by atoms with van der Waals surface area (Å²) in [5.41, 5.74) is 4.88. The van der Waals surface area contributed by atoms with Gasteiger partial charge in [0.25, 0.3) is 5.91 Å². The molecule has 1 N–H and O–H groups in total. The van der Waals surface area contributed by atoms with Gasteiger partial charge >= 0.3 is 0 Å². The van der Waals surface area contributed by atoms with E-state index in [0.29, 0.717) is 0 Å². The zero-order valence-electron chi connectivity index (χ0n) is 17.0. The van der Waals surface area contributed by atoms with Crippen LogP contribution < -0.4 is 5.32 Å². The fourth-order valence-corrected chi connectivity index (χ4v) is 10.1. The van der Waals surface area contributed by atoms with E-state index in [-0.39, 0.29) is 11.6 Å². The first kappa shape index (κ1) is 20.1. The number of hydrogen-bond acceptors (Lipinski definition) is 1. The van der Waals surface area contributed by atoms with E-state index in [2.05, 4.69) is 74.6 Å². The molecule has 0 aliphatic carbocycles. The molecule has 3 rings (SSSR count). The second-order valence-corrected chi connectivity index (χ2v) is 12.3. The van der Waals surface area contributed by atoms with Gasteiger partial charge in [-0.1, -0.05) is 55.5 Å². The van der Waals surface area contributed by atoms with Crippen LogP contribution in [0.15, 0.2) is 48.5 Å². The van der Waals surface area contributed by atoms with E-state index < -0.39 is 7.26 Å². The number of aryl methyl sites for hydroxylation is 2. The quantitative estimate of drug-likeness (QED) is 0.574. The van der Waals surface area contributed by atoms with Crippen LogP contribution in [0, 0.1) is 13.8 Å². The lowest BCUT2D eigenvalue weighted by Gasteiger charge is -2.36. The summed E-state index contributed by atoms with van der Waals surface area (Å²) in [7, 11) is -1.36. The van der Waals surface area contributed by atoms with Crippen molar-refractivity contribution in [3.8, 4) is 0 Å². The average Bonchev–Trinajstić information content (AvgIpc) is 2.67. The molecule has 1 amide bonds. The van der Waals surface area contributed by atoms with E-state index in [9.17, 15) is 4.79 Å². The van der Waals surface area contributed by atoms with Gasteiger partial charge in [0.2, 0.25) is 0 Å². The molecule has 1 fully saturated rings. The third kappa shape index (κ3) is 4.61. The van der Waals surface area contributed by atoms with Crippen LogP contribution >= 0.6 is 7.26 Å². The van der Waals surface area contributed by atoms with Crippen molar-refractivity contribution in [1.82, 2.24) is 0 Å². The minimum atomic E-state index is -1.36. The molecule has 0 saturated carbocycles. The van der Waals surface area contributed by atoms with Crippen LogP contribution in [0.2, 0.25) is 0 Å². The molecule has 0 radical (unpaired) electrons. The Morgan fingerprint density at radius 3 is 2.19 bits per heavy atom. The number of hydrogen-bond donors (Lipinski definition) is 1. The maximum atomic E-state index is 13.5. The summed E-state index contributed by atoms with van der Waals surface area (Å²) >= 11 is 0. The summed E-state index contributed by atoms with van der Waals surface area (Å²) in [6.45, 7) is 6.37. The lowest BCUT2D eigenvalue weighted by Crippen LogP contribution is -2.34. The minimum absolute atomic E-state index is 0.164. The zero-order chi connectivity index (χ0) is 19.3. The predicted octanol–water partition coefficient (Wildman–Crippen LogP) is 6.42. The van der Waals surface area contributed by atoms with Gasteiger partial charge in [-0.3, -0.25) is 4.79 Å². The van der Waals surface area contributed by atoms with Crippen LogP contribution in [-0.4, -0.2) is 23.9 Å².